The summed E-state index contributed by atoms with van der Waals surface area (Å²) in [5.41, 5.74) is 6.32. The second kappa shape index (κ2) is 12.3. The van der Waals surface area contributed by atoms with Crippen LogP contribution < -0.4 is 10.2 Å². The first-order chi connectivity index (χ1) is 22.5. The molecule has 1 aliphatic rings. The van der Waals surface area contributed by atoms with Crippen LogP contribution in [-0.2, 0) is 23.2 Å². The topological polar surface area (TPSA) is 63.1 Å². The van der Waals surface area contributed by atoms with Crippen molar-refractivity contribution in [3.05, 3.63) is 161 Å². The minimum atomic E-state index is -0.784. The number of hydrogen-bond acceptors (Lipinski definition) is 4. The lowest BCUT2D eigenvalue weighted by Gasteiger charge is -2.37. The molecule has 0 radical (unpaired) electrons. The summed E-state index contributed by atoms with van der Waals surface area (Å²) in [7, 11) is 0. The van der Waals surface area contributed by atoms with Gasteiger partial charge in [0.2, 0.25) is 5.91 Å². The fourth-order valence-corrected chi connectivity index (χ4v) is 7.00. The maximum absolute atomic E-state index is 13.5. The van der Waals surface area contributed by atoms with Gasteiger partial charge in [-0.3, -0.25) is 9.78 Å². The van der Waals surface area contributed by atoms with E-state index in [9.17, 15) is 4.79 Å². The van der Waals surface area contributed by atoms with Crippen molar-refractivity contribution in [3.8, 4) is 0 Å². The van der Waals surface area contributed by atoms with Crippen LogP contribution in [0.25, 0.3) is 10.9 Å². The smallest absolute Gasteiger partial charge is 0.226 e. The maximum atomic E-state index is 13.5. The summed E-state index contributed by atoms with van der Waals surface area (Å²) in [5.74, 6) is 0.890. The molecule has 230 valence electrons. The molecule has 6 nitrogen and oxygen atoms in total. The van der Waals surface area contributed by atoms with Gasteiger partial charge in [0.25, 0.3) is 0 Å². The molecule has 6 aromatic rings. The van der Waals surface area contributed by atoms with E-state index in [1.54, 1.807) is 0 Å². The molecule has 6 heteroatoms. The number of pyridine rings is 1. The second-order valence-electron chi connectivity index (χ2n) is 12.4. The Morgan fingerprint density at radius 3 is 1.83 bits per heavy atom. The predicted octanol–water partition coefficient (Wildman–Crippen LogP) is 7.46. The Balaban J connectivity index is 1.46. The molecule has 2 aromatic heterocycles. The highest BCUT2D eigenvalue weighted by molar-refractivity contribution is 5.95. The lowest BCUT2D eigenvalue weighted by Crippen LogP contribution is -2.39. The zero-order valence-electron chi connectivity index (χ0n) is 26.6. The third-order valence-corrected chi connectivity index (χ3v) is 9.17. The first-order valence-electron chi connectivity index (χ1n) is 16.2. The van der Waals surface area contributed by atoms with Crippen LogP contribution in [0.15, 0.2) is 127 Å². The van der Waals surface area contributed by atoms with Crippen LogP contribution in [0.3, 0.4) is 0 Å². The monoisotopic (exact) mass is 605 g/mol. The Morgan fingerprint density at radius 1 is 0.783 bits per heavy atom. The molecule has 0 saturated heterocycles. The van der Waals surface area contributed by atoms with Gasteiger partial charge in [0.1, 0.15) is 5.54 Å². The molecule has 1 amide bonds. The molecule has 1 N–H and O–H groups in total. The number of anilines is 1. The molecule has 4 aromatic carbocycles. The summed E-state index contributed by atoms with van der Waals surface area (Å²) < 4.78 is 2.21. The fourth-order valence-electron chi connectivity index (χ4n) is 7.00. The maximum Gasteiger partial charge on any atom is 0.226 e. The quantitative estimate of drug-likeness (QED) is 0.174. The second-order valence-corrected chi connectivity index (χ2v) is 12.4. The van der Waals surface area contributed by atoms with Crippen molar-refractivity contribution in [2.75, 3.05) is 11.4 Å². The van der Waals surface area contributed by atoms with Crippen LogP contribution in [0.2, 0.25) is 0 Å². The third-order valence-electron chi connectivity index (χ3n) is 9.17. The third kappa shape index (κ3) is 5.14. The summed E-state index contributed by atoms with van der Waals surface area (Å²) in [6.45, 7) is 7.27. The van der Waals surface area contributed by atoms with Gasteiger partial charge >= 0.3 is 0 Å². The number of nitrogens with zero attached hydrogens (tertiary/aromatic N) is 4. The highest BCUT2D eigenvalue weighted by atomic mass is 16.1. The summed E-state index contributed by atoms with van der Waals surface area (Å²) in [6.07, 6.45) is 0.974. The molecule has 0 aliphatic carbocycles. The van der Waals surface area contributed by atoms with E-state index in [-0.39, 0.29) is 24.4 Å². The largest absolute Gasteiger partial charge is 0.352 e. The fraction of sp³-hybridized carbons (Fsp3) is 0.225. The van der Waals surface area contributed by atoms with Gasteiger partial charge in [-0.2, -0.15) is 5.10 Å². The average Bonchev–Trinajstić information content (AvgIpc) is 3.47. The summed E-state index contributed by atoms with van der Waals surface area (Å²) in [5, 5.41) is 9.78. The number of benzene rings is 4. The van der Waals surface area contributed by atoms with Crippen molar-refractivity contribution in [2.24, 2.45) is 0 Å². The van der Waals surface area contributed by atoms with Crippen molar-refractivity contribution >= 4 is 22.6 Å². The molecule has 46 heavy (non-hydrogen) atoms. The van der Waals surface area contributed by atoms with E-state index in [0.717, 1.165) is 63.3 Å². The van der Waals surface area contributed by atoms with Crippen LogP contribution in [0.1, 0.15) is 60.5 Å². The SMILES string of the molecule is CC(C)N1CCc2nc(CC(=O)N[C@H](C)c3ccccc3)cc3c2c1nn3C(c1ccccc1)(c1ccccc1)c1ccccc1. The van der Waals surface area contributed by atoms with Gasteiger partial charge in [0.15, 0.2) is 5.82 Å². The molecule has 7 rings (SSSR count). The van der Waals surface area contributed by atoms with Crippen molar-refractivity contribution in [1.82, 2.24) is 20.1 Å². The zero-order chi connectivity index (χ0) is 31.7. The number of carbonyl (C=O) groups excluding carboxylic acids is 1. The van der Waals surface area contributed by atoms with Gasteiger partial charge in [-0.1, -0.05) is 121 Å². The first-order valence-corrected chi connectivity index (χ1v) is 16.2. The molecule has 0 spiro atoms. The van der Waals surface area contributed by atoms with Crippen LogP contribution in [0.4, 0.5) is 5.82 Å². The molecule has 3 heterocycles. The van der Waals surface area contributed by atoms with Gasteiger partial charge in [0.05, 0.1) is 34.8 Å². The molecule has 0 bridgehead atoms. The number of nitrogens with one attached hydrogen (secondary N) is 1. The Hall–Kier alpha value is -5.23. The molecule has 0 saturated carbocycles. The van der Waals surface area contributed by atoms with Crippen LogP contribution in [0.5, 0.6) is 0 Å². The average molecular weight is 606 g/mol. The van der Waals surface area contributed by atoms with Crippen molar-refractivity contribution in [2.45, 2.75) is 51.2 Å². The van der Waals surface area contributed by atoms with E-state index >= 15 is 0 Å². The zero-order valence-corrected chi connectivity index (χ0v) is 26.6. The molecular weight excluding hydrogens is 566 g/mol. The molecule has 0 fully saturated rings. The lowest BCUT2D eigenvalue weighted by molar-refractivity contribution is -0.121. The molecule has 1 atom stereocenters. The normalized spacial score (nSPS) is 13.6. The number of rotatable bonds is 9. The van der Waals surface area contributed by atoms with Crippen LogP contribution in [0, 0.1) is 0 Å². The number of carbonyl (C=O) groups is 1. The molecule has 0 unspecified atom stereocenters. The summed E-state index contributed by atoms with van der Waals surface area (Å²) in [6, 6.07) is 44.2. The van der Waals surface area contributed by atoms with Gasteiger partial charge < -0.3 is 10.2 Å². The minimum absolute atomic E-state index is 0.0539. The standard InChI is InChI=1S/C40H39N5O/c1-28(2)44-25-24-35-38-36(26-34(42-35)27-37(46)41-29(3)30-16-8-4-9-17-30)45(43-39(38)44)40(31-18-10-5-11-19-31,32-20-12-6-13-21-32)33-22-14-7-15-23-33/h4-23,26,28-29H,24-25,27H2,1-3H3,(H,41,46)/t29-/m1/s1. The van der Waals surface area contributed by atoms with E-state index < -0.39 is 5.54 Å². The molecule has 1 aliphatic heterocycles. The van der Waals surface area contributed by atoms with Crippen molar-refractivity contribution in [3.63, 3.8) is 0 Å². The van der Waals surface area contributed by atoms with E-state index in [1.807, 2.05) is 37.3 Å². The lowest BCUT2D eigenvalue weighted by atomic mass is 9.77. The highest BCUT2D eigenvalue weighted by Crippen LogP contribution is 2.45. The van der Waals surface area contributed by atoms with Crippen LogP contribution in [-0.4, -0.2) is 33.3 Å². The van der Waals surface area contributed by atoms with E-state index in [4.69, 9.17) is 10.1 Å². The number of hydrogen-bond donors (Lipinski definition) is 1. The Labute approximate surface area is 270 Å². The predicted molar refractivity (Wildman–Crippen MR) is 185 cm³/mol. The van der Waals surface area contributed by atoms with Crippen molar-refractivity contribution < 1.29 is 4.79 Å². The molecular formula is C40H39N5O. The van der Waals surface area contributed by atoms with Gasteiger partial charge in [-0.25, -0.2) is 4.68 Å². The summed E-state index contributed by atoms with van der Waals surface area (Å²) >= 11 is 0. The summed E-state index contributed by atoms with van der Waals surface area (Å²) in [4.78, 5) is 21.0. The Kier molecular flexibility index (Phi) is 7.87. The minimum Gasteiger partial charge on any atom is -0.352 e. The number of amides is 1. The Morgan fingerprint density at radius 2 is 1.30 bits per heavy atom. The van der Waals surface area contributed by atoms with Gasteiger partial charge in [-0.15, -0.1) is 0 Å². The highest BCUT2D eigenvalue weighted by Gasteiger charge is 2.42. The first kappa shape index (κ1) is 29.5. The van der Waals surface area contributed by atoms with E-state index in [1.165, 1.54) is 0 Å². The number of aromatic nitrogens is 3. The van der Waals surface area contributed by atoms with E-state index in [0.29, 0.717) is 0 Å². The van der Waals surface area contributed by atoms with Gasteiger partial charge in [0, 0.05) is 19.0 Å². The van der Waals surface area contributed by atoms with Crippen LogP contribution >= 0.6 is 0 Å². The van der Waals surface area contributed by atoms with E-state index in [2.05, 4.69) is 126 Å². The van der Waals surface area contributed by atoms with Gasteiger partial charge in [-0.05, 0) is 49.1 Å². The van der Waals surface area contributed by atoms with Crippen molar-refractivity contribution in [1.29, 1.82) is 0 Å². The Bertz CT molecular complexity index is 1860.